The SMILES string of the molecule is C=CCOc1ccc(C2=[C-]CCC(=O)N2CC)c(Br)c1.[Y]. The maximum atomic E-state index is 11.9. The average Bonchev–Trinajstić information content (AvgIpc) is 2.45. The first kappa shape index (κ1) is 18.6. The number of rotatable bonds is 5. The second kappa shape index (κ2) is 8.87. The fourth-order valence-electron chi connectivity index (χ4n) is 2.15. The van der Waals surface area contributed by atoms with Crippen LogP contribution in [0.4, 0.5) is 0 Å². The summed E-state index contributed by atoms with van der Waals surface area (Å²) >= 11 is 3.55. The van der Waals surface area contributed by atoms with E-state index in [1.807, 2.05) is 25.1 Å². The van der Waals surface area contributed by atoms with Gasteiger partial charge in [0.2, 0.25) is 5.91 Å². The molecular formula is C16H17BrNO2Y-. The summed E-state index contributed by atoms with van der Waals surface area (Å²) in [5.74, 6) is 0.923. The van der Waals surface area contributed by atoms with Gasteiger partial charge >= 0.3 is 0 Å². The Morgan fingerprint density at radius 3 is 2.90 bits per heavy atom. The van der Waals surface area contributed by atoms with E-state index < -0.39 is 0 Å². The zero-order valence-electron chi connectivity index (χ0n) is 12.1. The Hall–Kier alpha value is -0.446. The summed E-state index contributed by atoms with van der Waals surface area (Å²) in [6, 6.07) is 5.75. The van der Waals surface area contributed by atoms with Crippen molar-refractivity contribution in [3.05, 3.63) is 47.0 Å². The minimum Gasteiger partial charge on any atom is -0.490 e. The van der Waals surface area contributed by atoms with Gasteiger partial charge in [-0.3, -0.25) is 4.79 Å². The van der Waals surface area contributed by atoms with Crippen LogP contribution in [0.5, 0.6) is 5.75 Å². The molecular weight excluding hydrogens is 407 g/mol. The van der Waals surface area contributed by atoms with Crippen molar-refractivity contribution in [2.75, 3.05) is 13.2 Å². The third-order valence-corrected chi connectivity index (χ3v) is 3.74. The smallest absolute Gasteiger partial charge is 0.223 e. The van der Waals surface area contributed by atoms with Crippen molar-refractivity contribution >= 4 is 27.5 Å². The Kier molecular flexibility index (Phi) is 7.85. The molecule has 5 heteroatoms. The fraction of sp³-hybridized carbons (Fsp3) is 0.312. The van der Waals surface area contributed by atoms with Gasteiger partial charge in [-0.05, 0) is 19.1 Å². The molecule has 0 unspecified atom stereocenters. The van der Waals surface area contributed by atoms with E-state index in [0.717, 1.165) is 21.5 Å². The van der Waals surface area contributed by atoms with Gasteiger partial charge in [-0.25, -0.2) is 6.08 Å². The number of hydrogen-bond acceptors (Lipinski definition) is 2. The van der Waals surface area contributed by atoms with Crippen LogP contribution < -0.4 is 4.74 Å². The van der Waals surface area contributed by atoms with Crippen molar-refractivity contribution in [2.24, 2.45) is 0 Å². The van der Waals surface area contributed by atoms with Crippen molar-refractivity contribution in [3.8, 4) is 5.75 Å². The van der Waals surface area contributed by atoms with Gasteiger partial charge in [-0.2, -0.15) is 0 Å². The molecule has 1 aromatic rings. The quantitative estimate of drug-likeness (QED) is 0.532. The second-order valence-corrected chi connectivity index (χ2v) is 5.26. The summed E-state index contributed by atoms with van der Waals surface area (Å²) in [7, 11) is 0. The zero-order valence-corrected chi connectivity index (χ0v) is 16.5. The minimum atomic E-state index is 0. The van der Waals surface area contributed by atoms with Crippen LogP contribution in [0.25, 0.3) is 5.70 Å². The molecule has 1 aliphatic heterocycles. The second-order valence-electron chi connectivity index (χ2n) is 4.40. The molecule has 1 amide bonds. The first-order valence-electron chi connectivity index (χ1n) is 6.62. The van der Waals surface area contributed by atoms with E-state index in [9.17, 15) is 4.79 Å². The largest absolute Gasteiger partial charge is 0.490 e. The van der Waals surface area contributed by atoms with Crippen LogP contribution in [0.15, 0.2) is 35.3 Å². The molecule has 21 heavy (non-hydrogen) atoms. The molecule has 0 fully saturated rings. The molecule has 2 rings (SSSR count). The molecule has 0 N–H and O–H groups in total. The number of allylic oxidation sites excluding steroid dienone is 1. The molecule has 0 saturated heterocycles. The molecule has 109 valence electrons. The number of amides is 1. The molecule has 0 saturated carbocycles. The molecule has 1 aromatic carbocycles. The summed E-state index contributed by atoms with van der Waals surface area (Å²) in [5.41, 5.74) is 1.82. The zero-order chi connectivity index (χ0) is 14.5. The van der Waals surface area contributed by atoms with Crippen LogP contribution in [0.2, 0.25) is 0 Å². The Morgan fingerprint density at radius 2 is 2.29 bits per heavy atom. The van der Waals surface area contributed by atoms with E-state index in [1.54, 1.807) is 11.0 Å². The predicted octanol–water partition coefficient (Wildman–Crippen LogP) is 3.80. The molecule has 0 bridgehead atoms. The van der Waals surface area contributed by atoms with E-state index >= 15 is 0 Å². The maximum absolute atomic E-state index is 11.9. The van der Waals surface area contributed by atoms with Gasteiger partial charge in [-0.1, -0.05) is 33.1 Å². The van der Waals surface area contributed by atoms with E-state index in [0.29, 0.717) is 26.0 Å². The standard InChI is InChI=1S/C16H17BrNO2.Y/c1-3-10-20-12-8-9-13(14(17)11-12)15-6-5-7-16(19)18(15)4-2;/h3,8-9,11H,1,4-5,7,10H2,2H3;/q-1;. The van der Waals surface area contributed by atoms with Gasteiger partial charge in [0.1, 0.15) is 12.4 Å². The van der Waals surface area contributed by atoms with Crippen molar-refractivity contribution in [2.45, 2.75) is 19.8 Å². The van der Waals surface area contributed by atoms with Crippen molar-refractivity contribution in [1.82, 2.24) is 4.90 Å². The molecule has 0 aliphatic carbocycles. The van der Waals surface area contributed by atoms with Crippen molar-refractivity contribution < 1.29 is 42.2 Å². The number of ether oxygens (including phenoxy) is 1. The third kappa shape index (κ3) is 4.51. The van der Waals surface area contributed by atoms with Crippen molar-refractivity contribution in [1.29, 1.82) is 0 Å². The summed E-state index contributed by atoms with van der Waals surface area (Å²) in [4.78, 5) is 13.7. The van der Waals surface area contributed by atoms with Crippen LogP contribution in [0.3, 0.4) is 0 Å². The summed E-state index contributed by atoms with van der Waals surface area (Å²) < 4.78 is 6.39. The predicted molar refractivity (Wildman–Crippen MR) is 83.1 cm³/mol. The van der Waals surface area contributed by atoms with Crippen LogP contribution >= 0.6 is 15.9 Å². The van der Waals surface area contributed by atoms with Crippen LogP contribution in [-0.4, -0.2) is 24.0 Å². The van der Waals surface area contributed by atoms with Gasteiger partial charge in [0, 0.05) is 45.7 Å². The number of nitrogens with zero attached hydrogens (tertiary/aromatic N) is 1. The first-order chi connectivity index (χ1) is 9.67. The van der Waals surface area contributed by atoms with Gasteiger partial charge in [-0.15, -0.1) is 23.7 Å². The monoisotopic (exact) mass is 423 g/mol. The first-order valence-corrected chi connectivity index (χ1v) is 7.41. The molecule has 1 aliphatic rings. The van der Waals surface area contributed by atoms with Gasteiger partial charge in [0.25, 0.3) is 0 Å². The summed E-state index contributed by atoms with van der Waals surface area (Å²) in [5, 5.41) is 0. The van der Waals surface area contributed by atoms with Crippen LogP contribution in [0.1, 0.15) is 25.3 Å². The fourth-order valence-corrected chi connectivity index (χ4v) is 2.70. The number of hydrogen-bond donors (Lipinski definition) is 0. The Balaban J connectivity index is 0.00000220. The number of benzene rings is 1. The van der Waals surface area contributed by atoms with Gasteiger partial charge < -0.3 is 9.64 Å². The Morgan fingerprint density at radius 1 is 1.52 bits per heavy atom. The molecule has 1 radical (unpaired) electrons. The maximum Gasteiger partial charge on any atom is 0.223 e. The summed E-state index contributed by atoms with van der Waals surface area (Å²) in [6.45, 7) is 6.72. The Labute approximate surface area is 159 Å². The molecule has 0 spiro atoms. The van der Waals surface area contributed by atoms with Gasteiger partial charge in [0.15, 0.2) is 0 Å². The number of carbonyl (C=O) groups excluding carboxylic acids is 1. The topological polar surface area (TPSA) is 29.5 Å². The summed E-state index contributed by atoms with van der Waals surface area (Å²) in [6.07, 6.45) is 6.22. The average molecular weight is 424 g/mol. The molecule has 1 heterocycles. The molecule has 0 atom stereocenters. The van der Waals surface area contributed by atoms with E-state index in [4.69, 9.17) is 4.74 Å². The van der Waals surface area contributed by atoms with Crippen molar-refractivity contribution in [3.63, 3.8) is 0 Å². The van der Waals surface area contributed by atoms with Gasteiger partial charge in [0.05, 0.1) is 0 Å². The van der Waals surface area contributed by atoms with E-state index in [1.165, 1.54) is 0 Å². The van der Waals surface area contributed by atoms with Crippen LogP contribution in [-0.2, 0) is 37.5 Å². The molecule has 0 aromatic heterocycles. The normalized spacial score (nSPS) is 14.3. The third-order valence-electron chi connectivity index (χ3n) is 3.08. The number of halogens is 1. The minimum absolute atomic E-state index is 0. The number of carbonyl (C=O) groups is 1. The molecule has 3 nitrogen and oxygen atoms in total. The Bertz CT molecular complexity index is 557. The van der Waals surface area contributed by atoms with E-state index in [-0.39, 0.29) is 38.6 Å². The van der Waals surface area contributed by atoms with Crippen LogP contribution in [0, 0.1) is 6.08 Å². The van der Waals surface area contributed by atoms with E-state index in [2.05, 4.69) is 28.6 Å².